The number of carbonyl (C=O) groups is 1. The molecule has 1 fully saturated rings. The van der Waals surface area contributed by atoms with Crippen LogP contribution in [0.15, 0.2) is 24.3 Å². The summed E-state index contributed by atoms with van der Waals surface area (Å²) in [6.45, 7) is 8.93. The van der Waals surface area contributed by atoms with Gasteiger partial charge >= 0.3 is 0 Å². The Morgan fingerprint density at radius 2 is 1.68 bits per heavy atom. The van der Waals surface area contributed by atoms with Crippen molar-refractivity contribution in [3.8, 4) is 11.5 Å². The molecule has 5 heteroatoms. The van der Waals surface area contributed by atoms with E-state index in [2.05, 4.69) is 4.90 Å². The van der Waals surface area contributed by atoms with Crippen molar-refractivity contribution < 1.29 is 14.3 Å². The Kier molecular flexibility index (Phi) is 6.07. The van der Waals surface area contributed by atoms with Crippen LogP contribution < -0.4 is 9.47 Å². The molecule has 0 unspecified atom stereocenters. The molecule has 0 spiro atoms. The molecule has 0 radical (unpaired) electrons. The first-order chi connectivity index (χ1) is 10.6. The molecule has 1 amide bonds. The summed E-state index contributed by atoms with van der Waals surface area (Å²) in [5.41, 5.74) is 0. The number of piperazine rings is 1. The Hall–Kier alpha value is -1.75. The average molecular weight is 306 g/mol. The number of amides is 1. The van der Waals surface area contributed by atoms with Gasteiger partial charge in [-0.25, -0.2) is 0 Å². The monoisotopic (exact) mass is 306 g/mol. The van der Waals surface area contributed by atoms with E-state index in [-0.39, 0.29) is 11.8 Å². The summed E-state index contributed by atoms with van der Waals surface area (Å²) in [6, 6.07) is 7.62. The van der Waals surface area contributed by atoms with Gasteiger partial charge in [0.2, 0.25) is 5.91 Å². The summed E-state index contributed by atoms with van der Waals surface area (Å²) in [4.78, 5) is 16.2. The summed E-state index contributed by atoms with van der Waals surface area (Å²) in [7, 11) is 1.65. The van der Waals surface area contributed by atoms with Gasteiger partial charge in [-0.3, -0.25) is 9.69 Å². The Morgan fingerprint density at radius 1 is 1.09 bits per heavy atom. The van der Waals surface area contributed by atoms with E-state index in [1.807, 2.05) is 43.0 Å². The second-order valence-corrected chi connectivity index (χ2v) is 5.85. The van der Waals surface area contributed by atoms with E-state index in [4.69, 9.17) is 9.47 Å². The summed E-state index contributed by atoms with van der Waals surface area (Å²) in [6.07, 6.45) is 0. The number of nitrogens with zero attached hydrogens (tertiary/aromatic N) is 2. The first kappa shape index (κ1) is 16.6. The normalized spacial score (nSPS) is 15.9. The van der Waals surface area contributed by atoms with E-state index in [1.54, 1.807) is 7.11 Å². The standard InChI is InChI=1S/C17H26N2O3/c1-14(2)17(20)19-10-8-18(9-11-19)12-13-22-16-6-4-15(21-3)5-7-16/h4-7,14H,8-13H2,1-3H3. The Balaban J connectivity index is 1.67. The van der Waals surface area contributed by atoms with Crippen molar-refractivity contribution in [3.05, 3.63) is 24.3 Å². The van der Waals surface area contributed by atoms with E-state index in [0.29, 0.717) is 6.61 Å². The molecule has 5 nitrogen and oxygen atoms in total. The molecule has 122 valence electrons. The van der Waals surface area contributed by atoms with Gasteiger partial charge in [-0.1, -0.05) is 13.8 Å². The number of ether oxygens (including phenoxy) is 2. The van der Waals surface area contributed by atoms with Crippen LogP contribution in [-0.4, -0.2) is 62.1 Å². The van der Waals surface area contributed by atoms with Crippen LogP contribution in [0.2, 0.25) is 0 Å². The van der Waals surface area contributed by atoms with E-state index < -0.39 is 0 Å². The van der Waals surface area contributed by atoms with Crippen LogP contribution in [0, 0.1) is 5.92 Å². The van der Waals surface area contributed by atoms with E-state index in [0.717, 1.165) is 44.2 Å². The molecule has 1 heterocycles. The van der Waals surface area contributed by atoms with Crippen molar-refractivity contribution in [2.75, 3.05) is 46.4 Å². The van der Waals surface area contributed by atoms with Crippen molar-refractivity contribution >= 4 is 5.91 Å². The molecule has 0 saturated carbocycles. The molecule has 1 aliphatic rings. The molecule has 1 aromatic carbocycles. The van der Waals surface area contributed by atoms with E-state index in [1.165, 1.54) is 0 Å². The highest BCUT2D eigenvalue weighted by Crippen LogP contribution is 2.17. The van der Waals surface area contributed by atoms with Crippen molar-refractivity contribution in [1.82, 2.24) is 9.80 Å². The van der Waals surface area contributed by atoms with Crippen LogP contribution in [0.1, 0.15) is 13.8 Å². The second-order valence-electron chi connectivity index (χ2n) is 5.85. The van der Waals surface area contributed by atoms with Gasteiger partial charge in [0.05, 0.1) is 7.11 Å². The summed E-state index contributed by atoms with van der Waals surface area (Å²) < 4.78 is 10.9. The topological polar surface area (TPSA) is 42.0 Å². The van der Waals surface area contributed by atoms with Crippen molar-refractivity contribution in [2.24, 2.45) is 5.92 Å². The van der Waals surface area contributed by atoms with Crippen molar-refractivity contribution in [1.29, 1.82) is 0 Å². The third-order valence-corrected chi connectivity index (χ3v) is 3.91. The van der Waals surface area contributed by atoms with Crippen LogP contribution >= 0.6 is 0 Å². The molecule has 0 bridgehead atoms. The number of benzene rings is 1. The molecule has 2 rings (SSSR count). The lowest BCUT2D eigenvalue weighted by Gasteiger charge is -2.35. The molecule has 1 aliphatic heterocycles. The van der Waals surface area contributed by atoms with E-state index in [9.17, 15) is 4.79 Å². The maximum absolute atomic E-state index is 11.9. The van der Waals surface area contributed by atoms with Gasteiger partial charge in [-0.05, 0) is 24.3 Å². The van der Waals surface area contributed by atoms with Crippen LogP contribution in [0.25, 0.3) is 0 Å². The molecular formula is C17H26N2O3. The Bertz CT molecular complexity index is 465. The smallest absolute Gasteiger partial charge is 0.225 e. The molecule has 0 N–H and O–H groups in total. The van der Waals surface area contributed by atoms with Crippen LogP contribution in [0.5, 0.6) is 11.5 Å². The van der Waals surface area contributed by atoms with Gasteiger partial charge in [-0.2, -0.15) is 0 Å². The third kappa shape index (κ3) is 4.63. The zero-order valence-corrected chi connectivity index (χ0v) is 13.7. The van der Waals surface area contributed by atoms with Gasteiger partial charge < -0.3 is 14.4 Å². The van der Waals surface area contributed by atoms with Crippen LogP contribution in [-0.2, 0) is 4.79 Å². The highest BCUT2D eigenvalue weighted by Gasteiger charge is 2.22. The molecule has 22 heavy (non-hydrogen) atoms. The fourth-order valence-corrected chi connectivity index (χ4v) is 2.52. The average Bonchev–Trinajstić information content (AvgIpc) is 2.55. The Morgan fingerprint density at radius 3 is 2.23 bits per heavy atom. The zero-order chi connectivity index (χ0) is 15.9. The molecular weight excluding hydrogens is 280 g/mol. The maximum atomic E-state index is 11.9. The maximum Gasteiger partial charge on any atom is 0.225 e. The number of methoxy groups -OCH3 is 1. The van der Waals surface area contributed by atoms with Gasteiger partial charge in [-0.15, -0.1) is 0 Å². The SMILES string of the molecule is COc1ccc(OCCN2CCN(C(=O)C(C)C)CC2)cc1. The van der Waals surface area contributed by atoms with Gasteiger partial charge in [0.25, 0.3) is 0 Å². The fraction of sp³-hybridized carbons (Fsp3) is 0.588. The predicted molar refractivity (Wildman–Crippen MR) is 86.3 cm³/mol. The molecule has 0 atom stereocenters. The van der Waals surface area contributed by atoms with Crippen molar-refractivity contribution in [2.45, 2.75) is 13.8 Å². The second kappa shape index (κ2) is 8.03. The minimum Gasteiger partial charge on any atom is -0.497 e. The summed E-state index contributed by atoms with van der Waals surface area (Å²) in [5.74, 6) is 2.03. The predicted octanol–water partition coefficient (Wildman–Crippen LogP) is 1.87. The van der Waals surface area contributed by atoms with Crippen molar-refractivity contribution in [3.63, 3.8) is 0 Å². The minimum atomic E-state index is 0.0879. The molecule has 1 saturated heterocycles. The first-order valence-corrected chi connectivity index (χ1v) is 7.88. The summed E-state index contributed by atoms with van der Waals surface area (Å²) >= 11 is 0. The highest BCUT2D eigenvalue weighted by atomic mass is 16.5. The molecule has 1 aromatic rings. The van der Waals surface area contributed by atoms with Gasteiger partial charge in [0.1, 0.15) is 18.1 Å². The number of hydrogen-bond acceptors (Lipinski definition) is 4. The van der Waals surface area contributed by atoms with Gasteiger partial charge in [0, 0.05) is 38.6 Å². The number of rotatable bonds is 6. The fourth-order valence-electron chi connectivity index (χ4n) is 2.52. The first-order valence-electron chi connectivity index (χ1n) is 7.88. The molecule has 0 aromatic heterocycles. The largest absolute Gasteiger partial charge is 0.497 e. The Labute approximate surface area is 132 Å². The highest BCUT2D eigenvalue weighted by molar-refractivity contribution is 5.78. The lowest BCUT2D eigenvalue weighted by molar-refractivity contribution is -0.136. The van der Waals surface area contributed by atoms with E-state index >= 15 is 0 Å². The number of hydrogen-bond donors (Lipinski definition) is 0. The lowest BCUT2D eigenvalue weighted by Crippen LogP contribution is -2.50. The zero-order valence-electron chi connectivity index (χ0n) is 13.7. The quantitative estimate of drug-likeness (QED) is 0.805. The summed E-state index contributed by atoms with van der Waals surface area (Å²) in [5, 5.41) is 0. The third-order valence-electron chi connectivity index (χ3n) is 3.91. The van der Waals surface area contributed by atoms with Gasteiger partial charge in [0.15, 0.2) is 0 Å². The molecule has 0 aliphatic carbocycles. The number of carbonyl (C=O) groups excluding carboxylic acids is 1. The van der Waals surface area contributed by atoms with Crippen LogP contribution in [0.3, 0.4) is 0 Å². The van der Waals surface area contributed by atoms with Crippen LogP contribution in [0.4, 0.5) is 0 Å². The minimum absolute atomic E-state index is 0.0879. The lowest BCUT2D eigenvalue weighted by atomic mass is 10.1.